The molecule has 1 aliphatic carbocycles. The summed E-state index contributed by atoms with van der Waals surface area (Å²) >= 11 is 0. The average Bonchev–Trinajstić information content (AvgIpc) is 3.44. The smallest absolute Gasteiger partial charge is 0.221 e. The van der Waals surface area contributed by atoms with Gasteiger partial charge in [0, 0.05) is 63.8 Å². The van der Waals surface area contributed by atoms with Crippen LogP contribution in [0.3, 0.4) is 0 Å². The predicted octanol–water partition coefficient (Wildman–Crippen LogP) is 3.65. The third-order valence-corrected chi connectivity index (χ3v) is 6.77. The standard InChI is InChI=1S/C25H33N5O2/c1-17(31)26-22-4-2-3-19(11-22)24-5-6-25(29-28-24)27-23-12-20-15-30(16-21(20)13-23)14-18-7-9-32-10-8-18/h2-6,11,18,20-21,23H,7-10,12-16H2,1H3,(H,26,31)(H,27,29)/t20-,21+,23?/i1D3,14D2. The summed E-state index contributed by atoms with van der Waals surface area (Å²) in [7, 11) is 0. The monoisotopic (exact) mass is 440 g/mol. The Morgan fingerprint density at radius 3 is 2.72 bits per heavy atom. The highest BCUT2D eigenvalue weighted by molar-refractivity contribution is 5.89. The third-order valence-electron chi connectivity index (χ3n) is 6.77. The Morgan fingerprint density at radius 2 is 2.00 bits per heavy atom. The number of hydrogen-bond donors (Lipinski definition) is 2. The Morgan fingerprint density at radius 1 is 1.19 bits per heavy atom. The van der Waals surface area contributed by atoms with Crippen molar-refractivity contribution in [3.63, 3.8) is 0 Å². The molecule has 1 aromatic heterocycles. The van der Waals surface area contributed by atoms with Crippen molar-refractivity contribution in [2.75, 3.05) is 43.4 Å². The molecule has 1 amide bonds. The molecule has 3 atom stereocenters. The number of likely N-dealkylation sites (tertiary alicyclic amines) is 1. The highest BCUT2D eigenvalue weighted by atomic mass is 16.5. The summed E-state index contributed by atoms with van der Waals surface area (Å²) < 4.78 is 44.6. The summed E-state index contributed by atoms with van der Waals surface area (Å²) in [6, 6.07) is 10.9. The molecule has 3 aliphatic rings. The maximum atomic E-state index is 11.8. The first-order valence-corrected chi connectivity index (χ1v) is 11.4. The Labute approximate surface area is 197 Å². The fraction of sp³-hybridized carbons (Fsp3) is 0.560. The second kappa shape index (κ2) is 9.55. The number of hydrogen-bond acceptors (Lipinski definition) is 6. The van der Waals surface area contributed by atoms with E-state index < -0.39 is 19.3 Å². The lowest BCUT2D eigenvalue weighted by molar-refractivity contribution is -0.114. The van der Waals surface area contributed by atoms with Crippen molar-refractivity contribution in [3.8, 4) is 11.3 Å². The molecule has 2 saturated heterocycles. The van der Waals surface area contributed by atoms with Gasteiger partial charge >= 0.3 is 0 Å². The minimum Gasteiger partial charge on any atom is -0.381 e. The molecule has 7 heteroatoms. The van der Waals surface area contributed by atoms with Gasteiger partial charge in [-0.25, -0.2) is 0 Å². The van der Waals surface area contributed by atoms with Gasteiger partial charge in [0.2, 0.25) is 5.91 Å². The number of rotatable bonds is 6. The number of nitrogens with zero attached hydrogens (tertiary/aromatic N) is 3. The molecule has 5 rings (SSSR count). The molecule has 3 heterocycles. The summed E-state index contributed by atoms with van der Waals surface area (Å²) in [5.74, 6) is 0.663. The second-order valence-corrected chi connectivity index (χ2v) is 9.09. The topological polar surface area (TPSA) is 79.4 Å². The first-order chi connectivity index (χ1) is 17.6. The lowest BCUT2D eigenvalue weighted by Gasteiger charge is -2.27. The first-order valence-electron chi connectivity index (χ1n) is 13.9. The van der Waals surface area contributed by atoms with Crippen LogP contribution < -0.4 is 10.6 Å². The van der Waals surface area contributed by atoms with Crippen LogP contribution in [0.5, 0.6) is 0 Å². The van der Waals surface area contributed by atoms with Crippen molar-refractivity contribution in [3.05, 3.63) is 36.4 Å². The zero-order valence-corrected chi connectivity index (χ0v) is 18.1. The number of ether oxygens (including phenoxy) is 1. The van der Waals surface area contributed by atoms with Crippen LogP contribution in [0, 0.1) is 17.8 Å². The fourth-order valence-electron chi connectivity index (χ4n) is 5.27. The number of amides is 1. The summed E-state index contributed by atoms with van der Waals surface area (Å²) in [6.45, 7) is -1.08. The van der Waals surface area contributed by atoms with Gasteiger partial charge in [0.1, 0.15) is 5.82 Å². The average molecular weight is 441 g/mol. The number of nitrogens with one attached hydrogen (secondary N) is 2. The van der Waals surface area contributed by atoms with Crippen molar-refractivity contribution in [2.24, 2.45) is 17.8 Å². The summed E-state index contributed by atoms with van der Waals surface area (Å²) in [6.07, 6.45) is 3.55. The van der Waals surface area contributed by atoms with Crippen molar-refractivity contribution >= 4 is 17.4 Å². The van der Waals surface area contributed by atoms with E-state index in [1.54, 1.807) is 18.2 Å². The fourth-order valence-corrected chi connectivity index (χ4v) is 5.27. The van der Waals surface area contributed by atoms with E-state index in [0.29, 0.717) is 42.2 Å². The van der Waals surface area contributed by atoms with E-state index in [-0.39, 0.29) is 12.0 Å². The molecule has 1 saturated carbocycles. The number of benzene rings is 1. The van der Waals surface area contributed by atoms with Crippen molar-refractivity contribution in [1.82, 2.24) is 15.1 Å². The lowest BCUT2D eigenvalue weighted by Crippen LogP contribution is -2.32. The van der Waals surface area contributed by atoms with Crippen LogP contribution in [0.15, 0.2) is 36.4 Å². The molecule has 1 unspecified atom stereocenters. The van der Waals surface area contributed by atoms with E-state index in [9.17, 15) is 4.79 Å². The second-order valence-electron chi connectivity index (χ2n) is 9.09. The molecular weight excluding hydrogens is 402 g/mol. The van der Waals surface area contributed by atoms with E-state index in [1.807, 2.05) is 18.2 Å². The highest BCUT2D eigenvalue weighted by Crippen LogP contribution is 2.39. The highest BCUT2D eigenvalue weighted by Gasteiger charge is 2.41. The molecule has 3 fully saturated rings. The van der Waals surface area contributed by atoms with Gasteiger partial charge in [0.15, 0.2) is 0 Å². The van der Waals surface area contributed by atoms with Crippen LogP contribution in [-0.4, -0.2) is 59.8 Å². The third kappa shape index (κ3) is 5.10. The molecule has 0 spiro atoms. The van der Waals surface area contributed by atoms with Crippen molar-refractivity contribution in [2.45, 2.75) is 38.6 Å². The molecule has 2 aliphatic heterocycles. The van der Waals surface area contributed by atoms with Gasteiger partial charge < -0.3 is 20.3 Å². The maximum absolute atomic E-state index is 11.8. The quantitative estimate of drug-likeness (QED) is 0.714. The summed E-state index contributed by atoms with van der Waals surface area (Å²) in [5, 5.41) is 14.6. The van der Waals surface area contributed by atoms with E-state index in [4.69, 9.17) is 11.6 Å². The molecule has 2 N–H and O–H groups in total. The van der Waals surface area contributed by atoms with Gasteiger partial charge in [-0.1, -0.05) is 12.1 Å². The Hall–Kier alpha value is -2.51. The van der Waals surface area contributed by atoms with Gasteiger partial charge in [-0.3, -0.25) is 4.79 Å². The number of fused-ring (bicyclic) bond motifs is 1. The van der Waals surface area contributed by atoms with Gasteiger partial charge in [0.25, 0.3) is 0 Å². The van der Waals surface area contributed by atoms with Crippen molar-refractivity contribution < 1.29 is 16.4 Å². The first kappa shape index (κ1) is 16.2. The van der Waals surface area contributed by atoms with Crippen molar-refractivity contribution in [1.29, 1.82) is 0 Å². The lowest BCUT2D eigenvalue weighted by atomic mass is 10.00. The van der Waals surface area contributed by atoms with Crippen LogP contribution in [-0.2, 0) is 9.53 Å². The number of aromatic nitrogens is 2. The van der Waals surface area contributed by atoms with E-state index in [2.05, 4.69) is 25.7 Å². The Kier molecular flexibility index (Phi) is 4.82. The van der Waals surface area contributed by atoms with Crippen LogP contribution >= 0.6 is 0 Å². The van der Waals surface area contributed by atoms with Gasteiger partial charge in [-0.2, -0.15) is 0 Å². The summed E-state index contributed by atoms with van der Waals surface area (Å²) in [5.41, 5.74) is 1.72. The molecule has 0 radical (unpaired) electrons. The molecule has 0 bridgehead atoms. The molecular formula is C25H33N5O2. The van der Waals surface area contributed by atoms with Gasteiger partial charge in [-0.05, 0) is 67.7 Å². The maximum Gasteiger partial charge on any atom is 0.221 e. The largest absolute Gasteiger partial charge is 0.381 e. The zero-order chi connectivity index (χ0) is 26.2. The number of carbonyl (C=O) groups is 1. The number of anilines is 2. The molecule has 1 aromatic carbocycles. The van der Waals surface area contributed by atoms with E-state index in [1.165, 1.54) is 0 Å². The minimum absolute atomic E-state index is 0.0429. The predicted molar refractivity (Wildman–Crippen MR) is 125 cm³/mol. The normalized spacial score (nSPS) is 29.2. The van der Waals surface area contributed by atoms with Crippen LogP contribution in [0.4, 0.5) is 11.5 Å². The summed E-state index contributed by atoms with van der Waals surface area (Å²) in [4.78, 5) is 13.8. The Bertz CT molecular complexity index is 1090. The Balaban J connectivity index is 1.15. The molecule has 170 valence electrons. The van der Waals surface area contributed by atoms with Gasteiger partial charge in [0.05, 0.1) is 5.69 Å². The number of carbonyl (C=O) groups excluding carboxylic acids is 1. The minimum atomic E-state index is -2.71. The van der Waals surface area contributed by atoms with Crippen LogP contribution in [0.25, 0.3) is 11.3 Å². The SMILES string of the molecule is [2H]C([2H])([2H])C(=O)Nc1cccc(-c2ccc(NC3C[C@@H]4CN(C([2H])([2H])C5CCOCC5)C[C@@H]4C3)nn2)c1. The van der Waals surface area contributed by atoms with E-state index in [0.717, 1.165) is 44.3 Å². The van der Waals surface area contributed by atoms with Crippen LogP contribution in [0.2, 0.25) is 0 Å². The van der Waals surface area contributed by atoms with Gasteiger partial charge in [-0.15, -0.1) is 10.2 Å². The molecule has 7 nitrogen and oxygen atoms in total. The van der Waals surface area contributed by atoms with E-state index >= 15 is 0 Å². The molecule has 32 heavy (non-hydrogen) atoms. The molecule has 2 aromatic rings. The van der Waals surface area contributed by atoms with Crippen LogP contribution in [0.1, 0.15) is 39.4 Å². The zero-order valence-electron chi connectivity index (χ0n) is 23.1.